The summed E-state index contributed by atoms with van der Waals surface area (Å²) in [5.74, 6) is 0.754. The Kier molecular flexibility index (Phi) is 6.52. The number of para-hydroxylation sites is 1. The molecule has 0 aliphatic rings. The van der Waals surface area contributed by atoms with Crippen molar-refractivity contribution in [3.05, 3.63) is 88.4 Å². The first-order valence-electron chi connectivity index (χ1n) is 9.05. The quantitative estimate of drug-likeness (QED) is 0.327. The first-order chi connectivity index (χ1) is 14.6. The van der Waals surface area contributed by atoms with E-state index in [1.165, 1.54) is 11.8 Å². The highest BCUT2D eigenvalue weighted by atomic mass is 79.9. The van der Waals surface area contributed by atoms with Crippen LogP contribution in [0.2, 0.25) is 5.02 Å². The van der Waals surface area contributed by atoms with E-state index in [0.717, 1.165) is 15.7 Å². The van der Waals surface area contributed by atoms with E-state index < -0.39 is 0 Å². The molecule has 0 radical (unpaired) electrons. The maximum absolute atomic E-state index is 12.4. The second kappa shape index (κ2) is 9.47. The predicted molar refractivity (Wildman–Crippen MR) is 125 cm³/mol. The molecular formula is C22H16BrClN4OS. The molecule has 5 nitrogen and oxygen atoms in total. The fourth-order valence-corrected chi connectivity index (χ4v) is 4.22. The third-order valence-electron chi connectivity index (χ3n) is 4.17. The smallest absolute Gasteiger partial charge is 0.234 e. The minimum Gasteiger partial charge on any atom is -0.325 e. The first-order valence-corrected chi connectivity index (χ1v) is 11.2. The van der Waals surface area contributed by atoms with Gasteiger partial charge in [0.1, 0.15) is 0 Å². The summed E-state index contributed by atoms with van der Waals surface area (Å²) in [7, 11) is 0. The van der Waals surface area contributed by atoms with Crippen molar-refractivity contribution < 1.29 is 4.79 Å². The number of hydrogen-bond acceptors (Lipinski definition) is 4. The van der Waals surface area contributed by atoms with Crippen LogP contribution in [-0.4, -0.2) is 26.4 Å². The number of nitrogens with zero attached hydrogens (tertiary/aromatic N) is 3. The van der Waals surface area contributed by atoms with Crippen molar-refractivity contribution in [1.82, 2.24) is 14.8 Å². The van der Waals surface area contributed by atoms with Crippen molar-refractivity contribution in [1.29, 1.82) is 0 Å². The highest BCUT2D eigenvalue weighted by molar-refractivity contribution is 9.10. The van der Waals surface area contributed by atoms with E-state index in [1.807, 2.05) is 59.2 Å². The molecule has 0 saturated carbocycles. The number of halogens is 2. The lowest BCUT2D eigenvalue weighted by Crippen LogP contribution is -2.14. The molecule has 1 heterocycles. The van der Waals surface area contributed by atoms with Gasteiger partial charge in [-0.1, -0.05) is 75.7 Å². The van der Waals surface area contributed by atoms with Crippen molar-refractivity contribution in [2.45, 2.75) is 5.16 Å². The van der Waals surface area contributed by atoms with Crippen molar-refractivity contribution in [2.24, 2.45) is 0 Å². The molecule has 0 atom stereocenters. The minimum absolute atomic E-state index is 0.145. The number of carbonyl (C=O) groups excluding carboxylic acids is 1. The fourth-order valence-electron chi connectivity index (χ4n) is 2.88. The number of thioether (sulfide) groups is 1. The third-order valence-corrected chi connectivity index (χ3v) is 5.83. The highest BCUT2D eigenvalue weighted by Crippen LogP contribution is 2.29. The van der Waals surface area contributed by atoms with E-state index in [9.17, 15) is 4.79 Å². The van der Waals surface area contributed by atoms with Gasteiger partial charge in [-0.2, -0.15) is 0 Å². The molecule has 0 aliphatic carbocycles. The summed E-state index contributed by atoms with van der Waals surface area (Å²) in [6.07, 6.45) is 0. The predicted octanol–water partition coefficient (Wildman–Crippen LogP) is 6.08. The lowest BCUT2D eigenvalue weighted by Gasteiger charge is -2.11. The van der Waals surface area contributed by atoms with Gasteiger partial charge in [0.2, 0.25) is 5.91 Å². The van der Waals surface area contributed by atoms with Crippen molar-refractivity contribution in [3.63, 3.8) is 0 Å². The van der Waals surface area contributed by atoms with Crippen LogP contribution in [0.25, 0.3) is 17.1 Å². The van der Waals surface area contributed by atoms with E-state index in [0.29, 0.717) is 21.7 Å². The Morgan fingerprint density at radius 1 is 1.00 bits per heavy atom. The van der Waals surface area contributed by atoms with E-state index in [-0.39, 0.29) is 11.7 Å². The zero-order chi connectivity index (χ0) is 20.9. The normalized spacial score (nSPS) is 10.7. The van der Waals surface area contributed by atoms with Gasteiger partial charge in [-0.15, -0.1) is 10.2 Å². The Morgan fingerprint density at radius 3 is 2.57 bits per heavy atom. The van der Waals surface area contributed by atoms with Gasteiger partial charge in [-0.25, -0.2) is 0 Å². The van der Waals surface area contributed by atoms with E-state index in [2.05, 4.69) is 31.4 Å². The Morgan fingerprint density at radius 2 is 1.80 bits per heavy atom. The van der Waals surface area contributed by atoms with Crippen LogP contribution in [0.15, 0.2) is 88.5 Å². The number of anilines is 1. The zero-order valence-corrected chi connectivity index (χ0v) is 18.8. The number of carbonyl (C=O) groups is 1. The molecule has 0 spiro atoms. The van der Waals surface area contributed by atoms with E-state index in [1.54, 1.807) is 24.3 Å². The van der Waals surface area contributed by atoms with Gasteiger partial charge in [-0.05, 0) is 42.5 Å². The van der Waals surface area contributed by atoms with Crippen LogP contribution in [0.1, 0.15) is 0 Å². The molecule has 0 aliphatic heterocycles. The lowest BCUT2D eigenvalue weighted by molar-refractivity contribution is -0.113. The molecule has 8 heteroatoms. The molecule has 1 N–H and O–H groups in total. The summed E-state index contributed by atoms with van der Waals surface area (Å²) < 4.78 is 2.91. The van der Waals surface area contributed by atoms with Crippen LogP contribution in [0.3, 0.4) is 0 Å². The van der Waals surface area contributed by atoms with Crippen molar-refractivity contribution in [2.75, 3.05) is 11.1 Å². The lowest BCUT2D eigenvalue weighted by atomic mass is 10.2. The van der Waals surface area contributed by atoms with Gasteiger partial charge in [0.15, 0.2) is 11.0 Å². The second-order valence-corrected chi connectivity index (χ2v) is 8.63. The maximum atomic E-state index is 12.4. The molecule has 150 valence electrons. The van der Waals surface area contributed by atoms with Crippen LogP contribution < -0.4 is 5.32 Å². The Balaban J connectivity index is 1.59. The molecular weight excluding hydrogens is 484 g/mol. The van der Waals surface area contributed by atoms with E-state index in [4.69, 9.17) is 11.6 Å². The van der Waals surface area contributed by atoms with Crippen LogP contribution in [0.5, 0.6) is 0 Å². The van der Waals surface area contributed by atoms with Crippen molar-refractivity contribution in [3.8, 4) is 17.1 Å². The van der Waals surface area contributed by atoms with Crippen LogP contribution >= 0.6 is 39.3 Å². The molecule has 4 aromatic rings. The summed E-state index contributed by atoms with van der Waals surface area (Å²) >= 11 is 10.8. The van der Waals surface area contributed by atoms with Gasteiger partial charge in [0.25, 0.3) is 0 Å². The standard InChI is InChI=1S/C22H16BrClN4OS/c23-16-7-4-6-15(12-16)21-26-27-22(28(21)19-10-2-1-3-11-19)30-14-20(29)25-18-9-5-8-17(24)13-18/h1-13H,14H2,(H,25,29). The molecule has 0 unspecified atom stereocenters. The van der Waals surface area contributed by atoms with Gasteiger partial charge >= 0.3 is 0 Å². The fraction of sp³-hybridized carbons (Fsp3) is 0.0455. The first kappa shape index (κ1) is 20.7. The molecule has 30 heavy (non-hydrogen) atoms. The number of hydrogen-bond donors (Lipinski definition) is 1. The maximum Gasteiger partial charge on any atom is 0.234 e. The van der Waals surface area contributed by atoms with E-state index >= 15 is 0 Å². The number of amides is 1. The number of aromatic nitrogens is 3. The number of benzene rings is 3. The second-order valence-electron chi connectivity index (χ2n) is 6.33. The van der Waals surface area contributed by atoms with Gasteiger partial charge in [-0.3, -0.25) is 9.36 Å². The summed E-state index contributed by atoms with van der Waals surface area (Å²) in [6, 6.07) is 24.8. The molecule has 4 rings (SSSR count). The largest absolute Gasteiger partial charge is 0.325 e. The van der Waals surface area contributed by atoms with Gasteiger partial charge < -0.3 is 5.32 Å². The Bertz CT molecular complexity index is 1180. The summed E-state index contributed by atoms with van der Waals surface area (Å²) in [6.45, 7) is 0. The summed E-state index contributed by atoms with van der Waals surface area (Å²) in [5, 5.41) is 12.8. The number of nitrogens with one attached hydrogen (secondary N) is 1. The third kappa shape index (κ3) is 4.92. The van der Waals surface area contributed by atoms with Crippen molar-refractivity contribution >= 4 is 50.9 Å². The molecule has 1 amide bonds. The summed E-state index contributed by atoms with van der Waals surface area (Å²) in [5.41, 5.74) is 2.51. The average molecular weight is 500 g/mol. The topological polar surface area (TPSA) is 59.8 Å². The van der Waals surface area contributed by atoms with Crippen LogP contribution in [0.4, 0.5) is 5.69 Å². The summed E-state index contributed by atoms with van der Waals surface area (Å²) in [4.78, 5) is 12.4. The molecule has 0 fully saturated rings. The Hall–Kier alpha value is -2.61. The van der Waals surface area contributed by atoms with Gasteiger partial charge in [0.05, 0.1) is 5.75 Å². The average Bonchev–Trinajstić information content (AvgIpc) is 3.17. The molecule has 0 saturated heterocycles. The van der Waals surface area contributed by atoms with Gasteiger partial charge in [0, 0.05) is 26.4 Å². The zero-order valence-electron chi connectivity index (χ0n) is 15.6. The Labute approximate surface area is 191 Å². The van der Waals surface area contributed by atoms with Crippen LogP contribution in [-0.2, 0) is 4.79 Å². The number of rotatable bonds is 6. The highest BCUT2D eigenvalue weighted by Gasteiger charge is 2.17. The minimum atomic E-state index is -0.145. The molecule has 3 aromatic carbocycles. The monoisotopic (exact) mass is 498 g/mol. The van der Waals surface area contributed by atoms with Crippen LogP contribution in [0, 0.1) is 0 Å². The SMILES string of the molecule is O=C(CSc1nnc(-c2cccc(Br)c2)n1-c1ccccc1)Nc1cccc(Cl)c1. The molecule has 1 aromatic heterocycles. The molecule has 0 bridgehead atoms.